The van der Waals surface area contributed by atoms with Crippen LogP contribution in [0, 0.1) is 5.92 Å². The van der Waals surface area contributed by atoms with Crippen LogP contribution in [-0.4, -0.2) is 5.78 Å². The summed E-state index contributed by atoms with van der Waals surface area (Å²) in [4.78, 5) is 12.3. The van der Waals surface area contributed by atoms with Crippen LogP contribution in [0.5, 0.6) is 0 Å². The van der Waals surface area contributed by atoms with Crippen molar-refractivity contribution < 1.29 is 4.79 Å². The van der Waals surface area contributed by atoms with Gasteiger partial charge in [0, 0.05) is 5.92 Å². The number of unbranched alkanes of at least 4 members (excludes halogenated alkanes) is 1. The third kappa shape index (κ3) is 4.13. The summed E-state index contributed by atoms with van der Waals surface area (Å²) in [6.45, 7) is 2.20. The molecule has 0 N–H and O–H groups in total. The monoisotopic (exact) mass is 310 g/mol. The van der Waals surface area contributed by atoms with Gasteiger partial charge in [-0.05, 0) is 60.8 Å². The minimum absolute atomic E-state index is 0.278. The molecule has 1 atom stereocenters. The highest BCUT2D eigenvalue weighted by Crippen LogP contribution is 2.35. The molecule has 0 bridgehead atoms. The summed E-state index contributed by atoms with van der Waals surface area (Å²) in [5.74, 6) is 1.40. The molecule has 0 aromatic heterocycles. The van der Waals surface area contributed by atoms with Crippen molar-refractivity contribution in [2.24, 2.45) is 5.92 Å². The standard InChI is InChI=1S/C22H30O/c1-2-3-7-20-14-15-21(16-22(20)23)19-12-10-18(11-13-19)17-8-5-4-6-9-17/h10-13,16-17,20H,2-9,14-15H2,1H3/t20-/m0/s1. The van der Waals surface area contributed by atoms with Gasteiger partial charge in [0.05, 0.1) is 0 Å². The Morgan fingerprint density at radius 3 is 2.39 bits per heavy atom. The van der Waals surface area contributed by atoms with Crippen molar-refractivity contribution in [1.82, 2.24) is 0 Å². The van der Waals surface area contributed by atoms with E-state index in [0.29, 0.717) is 5.78 Å². The minimum atomic E-state index is 0.278. The Morgan fingerprint density at radius 2 is 1.74 bits per heavy atom. The second kappa shape index (κ2) is 7.95. The number of hydrogen-bond acceptors (Lipinski definition) is 1. The molecule has 2 aliphatic rings. The number of hydrogen-bond donors (Lipinski definition) is 0. The number of allylic oxidation sites excluding steroid dienone is 2. The van der Waals surface area contributed by atoms with Crippen molar-refractivity contribution in [3.8, 4) is 0 Å². The first kappa shape index (κ1) is 16.5. The average molecular weight is 310 g/mol. The number of carbonyl (C=O) groups is 1. The fourth-order valence-electron chi connectivity index (χ4n) is 4.20. The van der Waals surface area contributed by atoms with Crippen molar-refractivity contribution in [3.63, 3.8) is 0 Å². The summed E-state index contributed by atoms with van der Waals surface area (Å²) >= 11 is 0. The molecule has 0 saturated heterocycles. The number of benzene rings is 1. The second-order valence-corrected chi connectivity index (χ2v) is 7.41. The molecule has 1 fully saturated rings. The lowest BCUT2D eigenvalue weighted by Gasteiger charge is -2.23. The molecular weight excluding hydrogens is 280 g/mol. The summed E-state index contributed by atoms with van der Waals surface area (Å²) in [6, 6.07) is 9.10. The predicted octanol–water partition coefficient (Wildman–Crippen LogP) is 6.29. The summed E-state index contributed by atoms with van der Waals surface area (Å²) < 4.78 is 0. The molecule has 0 aliphatic heterocycles. The normalized spacial score (nSPS) is 22.9. The second-order valence-electron chi connectivity index (χ2n) is 7.41. The van der Waals surface area contributed by atoms with E-state index in [2.05, 4.69) is 31.2 Å². The van der Waals surface area contributed by atoms with E-state index in [1.54, 1.807) is 0 Å². The lowest BCUT2D eigenvalue weighted by atomic mass is 9.81. The van der Waals surface area contributed by atoms with Crippen LogP contribution in [0.4, 0.5) is 0 Å². The Balaban J connectivity index is 1.66. The van der Waals surface area contributed by atoms with Crippen LogP contribution in [0.15, 0.2) is 30.3 Å². The van der Waals surface area contributed by atoms with Crippen LogP contribution >= 0.6 is 0 Å². The van der Waals surface area contributed by atoms with Crippen LogP contribution < -0.4 is 0 Å². The Hall–Kier alpha value is -1.37. The SMILES string of the molecule is CCCC[C@H]1CCC(c2ccc(C3CCCCC3)cc2)=CC1=O. The predicted molar refractivity (Wildman–Crippen MR) is 97.5 cm³/mol. The van der Waals surface area contributed by atoms with Gasteiger partial charge in [0.1, 0.15) is 0 Å². The quantitative estimate of drug-likeness (QED) is 0.625. The van der Waals surface area contributed by atoms with Gasteiger partial charge in [-0.1, -0.05) is 63.3 Å². The summed E-state index contributed by atoms with van der Waals surface area (Å²) in [5.41, 5.74) is 4.00. The Kier molecular flexibility index (Phi) is 5.70. The fraction of sp³-hybridized carbons (Fsp3) is 0.591. The van der Waals surface area contributed by atoms with Gasteiger partial charge in [-0.15, -0.1) is 0 Å². The van der Waals surface area contributed by atoms with Gasteiger partial charge >= 0.3 is 0 Å². The van der Waals surface area contributed by atoms with E-state index in [9.17, 15) is 4.79 Å². The Labute approximate surface area is 141 Å². The molecule has 0 radical (unpaired) electrons. The highest BCUT2D eigenvalue weighted by atomic mass is 16.1. The van der Waals surface area contributed by atoms with Crippen molar-refractivity contribution in [2.75, 3.05) is 0 Å². The zero-order chi connectivity index (χ0) is 16.1. The smallest absolute Gasteiger partial charge is 0.159 e. The van der Waals surface area contributed by atoms with Crippen molar-refractivity contribution in [3.05, 3.63) is 41.5 Å². The Bertz CT molecular complexity index is 546. The summed E-state index contributed by atoms with van der Waals surface area (Å²) in [6.07, 6.45) is 14.3. The van der Waals surface area contributed by atoms with E-state index in [-0.39, 0.29) is 5.92 Å². The van der Waals surface area contributed by atoms with Crippen LogP contribution in [0.3, 0.4) is 0 Å². The lowest BCUT2D eigenvalue weighted by molar-refractivity contribution is -0.118. The third-order valence-electron chi connectivity index (χ3n) is 5.75. The maximum absolute atomic E-state index is 12.3. The van der Waals surface area contributed by atoms with Gasteiger partial charge in [-0.3, -0.25) is 4.79 Å². The van der Waals surface area contributed by atoms with E-state index in [4.69, 9.17) is 0 Å². The van der Waals surface area contributed by atoms with Crippen molar-refractivity contribution in [1.29, 1.82) is 0 Å². The van der Waals surface area contributed by atoms with E-state index in [1.807, 2.05) is 6.08 Å². The minimum Gasteiger partial charge on any atom is -0.295 e. The zero-order valence-corrected chi connectivity index (χ0v) is 14.5. The Morgan fingerprint density at radius 1 is 1.00 bits per heavy atom. The fourth-order valence-corrected chi connectivity index (χ4v) is 4.20. The first-order valence-electron chi connectivity index (χ1n) is 9.62. The lowest BCUT2D eigenvalue weighted by Crippen LogP contribution is -2.17. The highest BCUT2D eigenvalue weighted by molar-refractivity contribution is 5.99. The van der Waals surface area contributed by atoms with E-state index in [1.165, 1.54) is 61.6 Å². The molecule has 124 valence electrons. The highest BCUT2D eigenvalue weighted by Gasteiger charge is 2.22. The molecule has 23 heavy (non-hydrogen) atoms. The van der Waals surface area contributed by atoms with E-state index >= 15 is 0 Å². The summed E-state index contributed by atoms with van der Waals surface area (Å²) in [5, 5.41) is 0. The van der Waals surface area contributed by atoms with Crippen LogP contribution in [0.2, 0.25) is 0 Å². The van der Waals surface area contributed by atoms with Gasteiger partial charge in [0.25, 0.3) is 0 Å². The average Bonchev–Trinajstić information content (AvgIpc) is 2.61. The topological polar surface area (TPSA) is 17.1 Å². The first-order chi connectivity index (χ1) is 11.3. The maximum atomic E-state index is 12.3. The molecule has 1 aromatic rings. The number of rotatable bonds is 5. The molecule has 1 saturated carbocycles. The molecule has 2 aliphatic carbocycles. The zero-order valence-electron chi connectivity index (χ0n) is 14.5. The number of ketones is 1. The first-order valence-corrected chi connectivity index (χ1v) is 9.62. The molecule has 0 spiro atoms. The maximum Gasteiger partial charge on any atom is 0.159 e. The molecule has 3 rings (SSSR count). The van der Waals surface area contributed by atoms with Gasteiger partial charge < -0.3 is 0 Å². The van der Waals surface area contributed by atoms with Gasteiger partial charge in [-0.2, -0.15) is 0 Å². The molecule has 1 heteroatoms. The number of carbonyl (C=O) groups excluding carboxylic acids is 1. The van der Waals surface area contributed by atoms with E-state index in [0.717, 1.165) is 25.2 Å². The summed E-state index contributed by atoms with van der Waals surface area (Å²) in [7, 11) is 0. The van der Waals surface area contributed by atoms with Gasteiger partial charge in [0.2, 0.25) is 0 Å². The molecular formula is C22H30O. The van der Waals surface area contributed by atoms with Crippen LogP contribution in [-0.2, 0) is 4.79 Å². The third-order valence-corrected chi connectivity index (χ3v) is 5.75. The largest absolute Gasteiger partial charge is 0.295 e. The van der Waals surface area contributed by atoms with Crippen LogP contribution in [0.1, 0.15) is 88.2 Å². The van der Waals surface area contributed by atoms with Crippen LogP contribution in [0.25, 0.3) is 5.57 Å². The van der Waals surface area contributed by atoms with Crippen molar-refractivity contribution >= 4 is 11.4 Å². The van der Waals surface area contributed by atoms with E-state index < -0.39 is 0 Å². The molecule has 0 heterocycles. The molecule has 1 aromatic carbocycles. The van der Waals surface area contributed by atoms with Crippen molar-refractivity contribution in [2.45, 2.75) is 77.0 Å². The molecule has 0 unspecified atom stereocenters. The van der Waals surface area contributed by atoms with Gasteiger partial charge in [0.15, 0.2) is 5.78 Å². The van der Waals surface area contributed by atoms with Gasteiger partial charge in [-0.25, -0.2) is 0 Å². The molecule has 1 nitrogen and oxygen atoms in total. The molecule has 0 amide bonds.